The lowest BCUT2D eigenvalue weighted by atomic mass is 10.3. The largest absolute Gasteiger partial charge is 0.504 e. The Bertz CT molecular complexity index is 435. The van der Waals surface area contributed by atoms with Crippen molar-refractivity contribution >= 4 is 22.7 Å². The third-order valence-corrected chi connectivity index (χ3v) is 2.17. The van der Waals surface area contributed by atoms with Gasteiger partial charge in [0.25, 0.3) is 0 Å². The first kappa shape index (κ1) is 11.4. The summed E-state index contributed by atoms with van der Waals surface area (Å²) in [6.07, 6.45) is 1.47. The highest BCUT2D eigenvalue weighted by atomic mass is 32.2. The van der Waals surface area contributed by atoms with E-state index in [2.05, 4.69) is 16.8 Å². The van der Waals surface area contributed by atoms with Gasteiger partial charge in [0, 0.05) is 24.8 Å². The predicted molar refractivity (Wildman–Crippen MR) is 60.3 cm³/mol. The van der Waals surface area contributed by atoms with Gasteiger partial charge in [-0.05, 0) is 0 Å². The molecule has 78 valence electrons. The van der Waals surface area contributed by atoms with Crippen LogP contribution in [-0.2, 0) is 4.79 Å². The average Bonchev–Trinajstić information content (AvgIpc) is 2.18. The number of nitrogens with zero attached hydrogens (tertiary/aromatic N) is 1. The second-order valence-electron chi connectivity index (χ2n) is 2.71. The van der Waals surface area contributed by atoms with Gasteiger partial charge in [-0.3, -0.25) is 4.79 Å². The summed E-state index contributed by atoms with van der Waals surface area (Å²) in [5, 5.41) is 9.26. The van der Waals surface area contributed by atoms with Crippen molar-refractivity contribution in [2.24, 2.45) is 0 Å². The number of carbonyl (C=O) groups is 1. The molecule has 0 radical (unpaired) electrons. The van der Waals surface area contributed by atoms with Gasteiger partial charge in [-0.1, -0.05) is 23.6 Å². The quantitative estimate of drug-likeness (QED) is 0.693. The summed E-state index contributed by atoms with van der Waals surface area (Å²) in [4.78, 5) is 14.3. The second-order valence-corrected chi connectivity index (χ2v) is 3.86. The van der Waals surface area contributed by atoms with Gasteiger partial charge in [-0.25, -0.2) is 4.98 Å². The summed E-state index contributed by atoms with van der Waals surface area (Å²) >= 11 is 1.14. The van der Waals surface area contributed by atoms with E-state index >= 15 is 0 Å². The van der Waals surface area contributed by atoms with E-state index in [0.717, 1.165) is 11.8 Å². The van der Waals surface area contributed by atoms with Gasteiger partial charge in [-0.15, -0.1) is 0 Å². The Labute approximate surface area is 91.9 Å². The smallest absolute Gasteiger partial charge is 0.186 e. The summed E-state index contributed by atoms with van der Waals surface area (Å²) in [7, 11) is 0. The molecule has 1 aromatic heterocycles. The molecule has 1 aromatic rings. The molecular formula is C10H10N2O2S. The fourth-order valence-corrected chi connectivity index (χ4v) is 1.16. The lowest BCUT2D eigenvalue weighted by Crippen LogP contribution is -1.90. The molecule has 0 saturated carbocycles. The van der Waals surface area contributed by atoms with Gasteiger partial charge in [-0.2, -0.15) is 0 Å². The number of aromatic hydroxyl groups is 1. The average molecular weight is 222 g/mol. The van der Waals surface area contributed by atoms with E-state index in [9.17, 15) is 9.90 Å². The molecule has 0 amide bonds. The minimum atomic E-state index is -0.0824. The fraction of sp³-hybridized carbons (Fsp3) is 0.200. The third-order valence-electron chi connectivity index (χ3n) is 1.48. The molecule has 5 heteroatoms. The molecular weight excluding hydrogens is 212 g/mol. The Morgan fingerprint density at radius 3 is 3.07 bits per heavy atom. The van der Waals surface area contributed by atoms with Crippen LogP contribution < -0.4 is 5.73 Å². The summed E-state index contributed by atoms with van der Waals surface area (Å²) in [5.41, 5.74) is 5.90. The molecule has 0 atom stereocenters. The number of aromatic nitrogens is 1. The van der Waals surface area contributed by atoms with Crippen LogP contribution in [-0.4, -0.2) is 21.0 Å². The zero-order valence-electron chi connectivity index (χ0n) is 8.15. The lowest BCUT2D eigenvalue weighted by molar-refractivity contribution is -0.109. The highest BCUT2D eigenvalue weighted by molar-refractivity contribution is 8.13. The maximum atomic E-state index is 10.6. The first-order valence-electron chi connectivity index (χ1n) is 4.16. The van der Waals surface area contributed by atoms with E-state index in [0.29, 0.717) is 11.3 Å². The normalized spacial score (nSPS) is 9.13. The van der Waals surface area contributed by atoms with Crippen LogP contribution in [0.15, 0.2) is 12.3 Å². The summed E-state index contributed by atoms with van der Waals surface area (Å²) in [6, 6.07) is 1.44. The SMILES string of the molecule is CC(=O)SCC#Cc1cnc(N)c(O)c1. The van der Waals surface area contributed by atoms with E-state index in [1.807, 2.05) is 0 Å². The van der Waals surface area contributed by atoms with Gasteiger partial charge in [0.15, 0.2) is 16.7 Å². The number of thioether (sulfide) groups is 1. The van der Waals surface area contributed by atoms with Gasteiger partial charge < -0.3 is 10.8 Å². The molecule has 0 spiro atoms. The third kappa shape index (κ3) is 3.92. The van der Waals surface area contributed by atoms with Crippen LogP contribution in [0.1, 0.15) is 12.5 Å². The molecule has 0 saturated heterocycles. The standard InChI is InChI=1S/C10H10N2O2S/c1-7(13)15-4-2-3-8-5-9(14)10(11)12-6-8/h5-6,14H,4H2,1H3,(H2,11,12). The zero-order valence-corrected chi connectivity index (χ0v) is 8.97. The molecule has 0 fully saturated rings. The predicted octanol–water partition coefficient (Wildman–Crippen LogP) is 1.00. The minimum Gasteiger partial charge on any atom is -0.504 e. The van der Waals surface area contributed by atoms with Crippen molar-refractivity contribution in [3.8, 4) is 17.6 Å². The van der Waals surface area contributed by atoms with E-state index in [1.54, 1.807) is 0 Å². The number of rotatable bonds is 1. The van der Waals surface area contributed by atoms with Gasteiger partial charge in [0.2, 0.25) is 0 Å². The van der Waals surface area contributed by atoms with E-state index in [1.165, 1.54) is 19.2 Å². The maximum absolute atomic E-state index is 10.6. The van der Waals surface area contributed by atoms with Crippen molar-refractivity contribution in [3.05, 3.63) is 17.8 Å². The van der Waals surface area contributed by atoms with Crippen molar-refractivity contribution in [3.63, 3.8) is 0 Å². The molecule has 1 heterocycles. The van der Waals surface area contributed by atoms with Crippen LogP contribution >= 0.6 is 11.8 Å². The molecule has 3 N–H and O–H groups in total. The van der Waals surface area contributed by atoms with Gasteiger partial charge >= 0.3 is 0 Å². The number of anilines is 1. The molecule has 0 aromatic carbocycles. The maximum Gasteiger partial charge on any atom is 0.186 e. The molecule has 0 aliphatic heterocycles. The van der Waals surface area contributed by atoms with Crippen molar-refractivity contribution in [1.82, 2.24) is 4.98 Å². The zero-order chi connectivity index (χ0) is 11.3. The fourth-order valence-electron chi connectivity index (χ4n) is 0.808. The van der Waals surface area contributed by atoms with Crippen LogP contribution in [0.4, 0.5) is 5.82 Å². The Morgan fingerprint density at radius 1 is 1.73 bits per heavy atom. The van der Waals surface area contributed by atoms with Crippen LogP contribution in [0.2, 0.25) is 0 Å². The molecule has 0 unspecified atom stereocenters. The monoisotopic (exact) mass is 222 g/mol. The van der Waals surface area contributed by atoms with Crippen LogP contribution in [0.3, 0.4) is 0 Å². The number of hydrogen-bond acceptors (Lipinski definition) is 5. The molecule has 0 bridgehead atoms. The molecule has 15 heavy (non-hydrogen) atoms. The number of nitrogens with two attached hydrogens (primary N) is 1. The molecule has 4 nitrogen and oxygen atoms in total. The summed E-state index contributed by atoms with van der Waals surface area (Å²) in [6.45, 7) is 1.49. The van der Waals surface area contributed by atoms with Crippen LogP contribution in [0.25, 0.3) is 0 Å². The lowest BCUT2D eigenvalue weighted by Gasteiger charge is -1.96. The van der Waals surface area contributed by atoms with Crippen molar-refractivity contribution in [1.29, 1.82) is 0 Å². The minimum absolute atomic E-state index is 0.0302. The van der Waals surface area contributed by atoms with E-state index in [4.69, 9.17) is 5.73 Å². The summed E-state index contributed by atoms with van der Waals surface area (Å²) < 4.78 is 0. The van der Waals surface area contributed by atoms with Gasteiger partial charge in [0.05, 0.1) is 5.75 Å². The highest BCUT2D eigenvalue weighted by Crippen LogP contribution is 2.16. The molecule has 0 aliphatic carbocycles. The Hall–Kier alpha value is -1.67. The Kier molecular flexibility index (Phi) is 4.01. The van der Waals surface area contributed by atoms with Crippen molar-refractivity contribution in [2.75, 3.05) is 11.5 Å². The highest BCUT2D eigenvalue weighted by Gasteiger charge is 1.97. The number of carbonyl (C=O) groups excluding carboxylic acids is 1. The topological polar surface area (TPSA) is 76.2 Å². The number of nitrogen functional groups attached to an aromatic ring is 1. The summed E-state index contributed by atoms with van der Waals surface area (Å²) in [5.74, 6) is 5.98. The Balaban J connectivity index is 2.64. The molecule has 1 rings (SSSR count). The van der Waals surface area contributed by atoms with Gasteiger partial charge in [0.1, 0.15) is 0 Å². The second kappa shape index (κ2) is 5.27. The number of pyridine rings is 1. The van der Waals surface area contributed by atoms with Crippen LogP contribution in [0.5, 0.6) is 5.75 Å². The first-order chi connectivity index (χ1) is 7.09. The van der Waals surface area contributed by atoms with Crippen molar-refractivity contribution in [2.45, 2.75) is 6.92 Å². The van der Waals surface area contributed by atoms with Crippen LogP contribution in [0, 0.1) is 11.8 Å². The Morgan fingerprint density at radius 2 is 2.47 bits per heavy atom. The van der Waals surface area contributed by atoms with E-state index in [-0.39, 0.29) is 16.7 Å². The van der Waals surface area contributed by atoms with E-state index < -0.39 is 0 Å². The van der Waals surface area contributed by atoms with Crippen molar-refractivity contribution < 1.29 is 9.90 Å². The molecule has 0 aliphatic rings. The number of hydrogen-bond donors (Lipinski definition) is 2. The first-order valence-corrected chi connectivity index (χ1v) is 5.15.